The van der Waals surface area contributed by atoms with Gasteiger partial charge < -0.3 is 20.4 Å². The molecule has 0 aliphatic heterocycles. The molecule has 2 aromatic carbocycles. The number of carbonyl (C=O) groups excluding carboxylic acids is 1. The van der Waals surface area contributed by atoms with Gasteiger partial charge in [-0.3, -0.25) is 4.98 Å². The zero-order valence-electron chi connectivity index (χ0n) is 18.1. The summed E-state index contributed by atoms with van der Waals surface area (Å²) in [6.07, 6.45) is 5.59. The van der Waals surface area contributed by atoms with Crippen LogP contribution in [0.15, 0.2) is 89.9 Å². The molecule has 0 fully saturated rings. The maximum Gasteiger partial charge on any atom is 0.323 e. The maximum atomic E-state index is 12.1. The molecule has 0 saturated heterocycles. The van der Waals surface area contributed by atoms with E-state index in [1.165, 1.54) is 6.33 Å². The second-order valence-electron chi connectivity index (χ2n) is 7.46. The minimum atomic E-state index is -0.285. The lowest BCUT2D eigenvalue weighted by molar-refractivity contribution is 0.262. The summed E-state index contributed by atoms with van der Waals surface area (Å²) in [4.78, 5) is 29.3. The fraction of sp³-hybridized carbons (Fsp3) is 0.0800. The molecule has 0 aliphatic rings. The lowest BCUT2D eigenvalue weighted by atomic mass is 10.1. The SMILES string of the molecule is O=C(Nc1ccccc1)Nc1ccc(CCNc2ncnc3oc(-c4cccnc4)nc23)cc1. The van der Waals surface area contributed by atoms with Gasteiger partial charge in [-0.2, -0.15) is 4.98 Å². The van der Waals surface area contributed by atoms with Crippen molar-refractivity contribution in [2.75, 3.05) is 22.5 Å². The third kappa shape index (κ3) is 4.99. The fourth-order valence-corrected chi connectivity index (χ4v) is 3.39. The Morgan fingerprint density at radius 2 is 1.68 bits per heavy atom. The number of carbonyl (C=O) groups is 1. The Morgan fingerprint density at radius 1 is 0.882 bits per heavy atom. The van der Waals surface area contributed by atoms with Crippen LogP contribution in [0.2, 0.25) is 0 Å². The normalized spacial score (nSPS) is 10.7. The Balaban J connectivity index is 1.17. The van der Waals surface area contributed by atoms with Crippen molar-refractivity contribution in [2.45, 2.75) is 6.42 Å². The number of hydrogen-bond donors (Lipinski definition) is 3. The molecule has 5 rings (SSSR count). The number of fused-ring (bicyclic) bond motifs is 1. The summed E-state index contributed by atoms with van der Waals surface area (Å²) in [7, 11) is 0. The number of amides is 2. The number of nitrogens with zero attached hydrogens (tertiary/aromatic N) is 4. The molecule has 3 aromatic heterocycles. The topological polar surface area (TPSA) is 118 Å². The smallest absolute Gasteiger partial charge is 0.323 e. The number of pyridine rings is 1. The molecule has 9 nitrogen and oxygen atoms in total. The van der Waals surface area contributed by atoms with Crippen LogP contribution in [0.3, 0.4) is 0 Å². The Kier molecular flexibility index (Phi) is 6.06. The highest BCUT2D eigenvalue weighted by Crippen LogP contribution is 2.25. The van der Waals surface area contributed by atoms with Crippen LogP contribution < -0.4 is 16.0 Å². The number of para-hydroxylation sites is 1. The number of benzene rings is 2. The molecule has 3 heterocycles. The standard InChI is InChI=1S/C25H21N7O2/c33-25(30-19-6-2-1-3-7-19)31-20-10-8-17(9-11-20)12-14-27-22-21-24(29-16-28-22)34-23(32-21)18-5-4-13-26-15-18/h1-11,13,15-16H,12,14H2,(H,27,28,29)(H2,30,31,33). The first-order chi connectivity index (χ1) is 16.7. The van der Waals surface area contributed by atoms with E-state index in [1.54, 1.807) is 12.4 Å². The van der Waals surface area contributed by atoms with Crippen molar-refractivity contribution in [1.29, 1.82) is 0 Å². The van der Waals surface area contributed by atoms with Crippen molar-refractivity contribution in [3.8, 4) is 11.5 Å². The molecule has 0 radical (unpaired) electrons. The highest BCUT2D eigenvalue weighted by molar-refractivity contribution is 5.99. The first-order valence-corrected chi connectivity index (χ1v) is 10.7. The molecule has 0 spiro atoms. The van der Waals surface area contributed by atoms with Gasteiger partial charge in [0.05, 0.1) is 5.56 Å². The average molecular weight is 451 g/mol. The average Bonchev–Trinajstić information content (AvgIpc) is 3.32. The van der Waals surface area contributed by atoms with Gasteiger partial charge >= 0.3 is 6.03 Å². The van der Waals surface area contributed by atoms with Crippen molar-refractivity contribution in [3.63, 3.8) is 0 Å². The van der Waals surface area contributed by atoms with E-state index < -0.39 is 0 Å². The molecule has 34 heavy (non-hydrogen) atoms. The molecule has 0 saturated carbocycles. The van der Waals surface area contributed by atoms with Gasteiger partial charge in [0.1, 0.15) is 6.33 Å². The van der Waals surface area contributed by atoms with Crippen molar-refractivity contribution in [2.24, 2.45) is 0 Å². The minimum Gasteiger partial charge on any atom is -0.417 e. The summed E-state index contributed by atoms with van der Waals surface area (Å²) < 4.78 is 5.76. The largest absolute Gasteiger partial charge is 0.417 e. The molecular weight excluding hydrogens is 430 g/mol. The summed E-state index contributed by atoms with van der Waals surface area (Å²) >= 11 is 0. The summed E-state index contributed by atoms with van der Waals surface area (Å²) in [5.41, 5.74) is 4.33. The van der Waals surface area contributed by atoms with Gasteiger partial charge in [0.25, 0.3) is 5.71 Å². The third-order valence-corrected chi connectivity index (χ3v) is 5.05. The van der Waals surface area contributed by atoms with E-state index in [9.17, 15) is 4.79 Å². The van der Waals surface area contributed by atoms with Crippen molar-refractivity contribution >= 4 is 34.5 Å². The van der Waals surface area contributed by atoms with Crippen LogP contribution in [0.4, 0.5) is 22.0 Å². The van der Waals surface area contributed by atoms with E-state index in [2.05, 4.69) is 35.9 Å². The van der Waals surface area contributed by atoms with E-state index in [-0.39, 0.29) is 6.03 Å². The maximum absolute atomic E-state index is 12.1. The molecule has 9 heteroatoms. The van der Waals surface area contributed by atoms with Crippen LogP contribution in [0.5, 0.6) is 0 Å². The highest BCUT2D eigenvalue weighted by Gasteiger charge is 2.13. The van der Waals surface area contributed by atoms with E-state index in [0.29, 0.717) is 35.2 Å². The lowest BCUT2D eigenvalue weighted by Crippen LogP contribution is -2.19. The third-order valence-electron chi connectivity index (χ3n) is 5.05. The Labute approximate surface area is 195 Å². The number of oxazole rings is 1. The number of nitrogens with one attached hydrogen (secondary N) is 3. The van der Waals surface area contributed by atoms with Crippen LogP contribution in [-0.2, 0) is 6.42 Å². The van der Waals surface area contributed by atoms with Gasteiger partial charge in [-0.05, 0) is 48.4 Å². The van der Waals surface area contributed by atoms with Crippen LogP contribution in [0.25, 0.3) is 22.7 Å². The number of urea groups is 1. The molecule has 0 bridgehead atoms. The zero-order valence-corrected chi connectivity index (χ0v) is 18.1. The van der Waals surface area contributed by atoms with E-state index >= 15 is 0 Å². The van der Waals surface area contributed by atoms with Crippen LogP contribution in [0.1, 0.15) is 5.56 Å². The molecule has 2 amide bonds. The van der Waals surface area contributed by atoms with Gasteiger partial charge in [-0.15, -0.1) is 0 Å². The molecule has 3 N–H and O–H groups in total. The predicted octanol–water partition coefficient (Wildman–Crippen LogP) is 4.98. The monoisotopic (exact) mass is 451 g/mol. The van der Waals surface area contributed by atoms with Crippen LogP contribution >= 0.6 is 0 Å². The second kappa shape index (κ2) is 9.78. The van der Waals surface area contributed by atoms with Gasteiger partial charge in [-0.1, -0.05) is 30.3 Å². The second-order valence-corrected chi connectivity index (χ2v) is 7.46. The summed E-state index contributed by atoms with van der Waals surface area (Å²) in [6.45, 7) is 0.641. The lowest BCUT2D eigenvalue weighted by Gasteiger charge is -2.09. The Morgan fingerprint density at radius 3 is 2.44 bits per heavy atom. The van der Waals surface area contributed by atoms with Crippen molar-refractivity contribution < 1.29 is 9.21 Å². The van der Waals surface area contributed by atoms with Gasteiger partial charge in [0.15, 0.2) is 11.3 Å². The van der Waals surface area contributed by atoms with Crippen LogP contribution in [-0.4, -0.2) is 32.5 Å². The van der Waals surface area contributed by atoms with Gasteiger partial charge in [0, 0.05) is 30.3 Å². The molecule has 5 aromatic rings. The summed E-state index contributed by atoms with van der Waals surface area (Å²) in [6, 6.07) is 20.4. The van der Waals surface area contributed by atoms with Gasteiger partial charge in [-0.25, -0.2) is 14.8 Å². The first kappa shape index (κ1) is 21.1. The van der Waals surface area contributed by atoms with Gasteiger partial charge in [0.2, 0.25) is 5.89 Å². The number of rotatable bonds is 7. The molecule has 0 unspecified atom stereocenters. The zero-order chi connectivity index (χ0) is 23.2. The Hall–Kier alpha value is -4.79. The summed E-state index contributed by atoms with van der Waals surface area (Å²) in [5.74, 6) is 1.06. The van der Waals surface area contributed by atoms with E-state index in [4.69, 9.17) is 4.42 Å². The number of hydrogen-bond acceptors (Lipinski definition) is 7. The minimum absolute atomic E-state index is 0.285. The van der Waals surface area contributed by atoms with Crippen molar-refractivity contribution in [3.05, 3.63) is 91.0 Å². The first-order valence-electron chi connectivity index (χ1n) is 10.7. The molecule has 0 aliphatic carbocycles. The summed E-state index contributed by atoms with van der Waals surface area (Å²) in [5, 5.41) is 8.93. The predicted molar refractivity (Wildman–Crippen MR) is 131 cm³/mol. The van der Waals surface area contributed by atoms with Crippen LogP contribution in [0, 0.1) is 0 Å². The van der Waals surface area contributed by atoms with E-state index in [1.807, 2.05) is 66.7 Å². The number of aromatic nitrogens is 4. The molecule has 168 valence electrons. The Bertz CT molecular complexity index is 1390. The quantitative estimate of drug-likeness (QED) is 0.319. The highest BCUT2D eigenvalue weighted by atomic mass is 16.4. The fourth-order valence-electron chi connectivity index (χ4n) is 3.39. The molecular formula is C25H21N7O2. The number of anilines is 3. The van der Waals surface area contributed by atoms with Crippen molar-refractivity contribution in [1.82, 2.24) is 19.9 Å². The van der Waals surface area contributed by atoms with E-state index in [0.717, 1.165) is 23.2 Å². The molecule has 0 atom stereocenters.